The number of esters is 1. The van der Waals surface area contributed by atoms with Crippen LogP contribution in [0.1, 0.15) is 133 Å². The van der Waals surface area contributed by atoms with Crippen LogP contribution in [0.15, 0.2) is 36.4 Å². The van der Waals surface area contributed by atoms with Crippen LogP contribution in [-0.2, 0) is 4.79 Å². The number of carbonyl (C=O) groups excluding carboxylic acids is 1. The van der Waals surface area contributed by atoms with Crippen molar-refractivity contribution >= 4 is 11.9 Å². The second-order valence-electron chi connectivity index (χ2n) is 9.02. The molecule has 0 spiro atoms. The summed E-state index contributed by atoms with van der Waals surface area (Å²) in [5.74, 6) is -1.31. The first-order valence-corrected chi connectivity index (χ1v) is 13.3. The van der Waals surface area contributed by atoms with Gasteiger partial charge in [0, 0.05) is 6.42 Å². The van der Waals surface area contributed by atoms with E-state index in [4.69, 9.17) is 9.84 Å². The quantitative estimate of drug-likeness (QED) is 0.0864. The van der Waals surface area contributed by atoms with Crippen molar-refractivity contribution in [1.29, 1.82) is 0 Å². The first-order chi connectivity index (χ1) is 16.1. The Kier molecular flexibility index (Phi) is 18.0. The van der Waals surface area contributed by atoms with E-state index in [0.717, 1.165) is 19.3 Å². The average molecular weight is 459 g/mol. The van der Waals surface area contributed by atoms with Crippen LogP contribution in [0.4, 0.5) is 0 Å². The Hall–Kier alpha value is -2.10. The average Bonchev–Trinajstić information content (AvgIpc) is 2.80. The normalized spacial score (nSPS) is 11.2. The van der Waals surface area contributed by atoms with Gasteiger partial charge in [-0.15, -0.1) is 0 Å². The summed E-state index contributed by atoms with van der Waals surface area (Å²) in [6.07, 6.45) is 26.5. The lowest BCUT2D eigenvalue weighted by molar-refractivity contribution is -0.134. The number of aromatic carboxylic acids is 1. The number of rotatable bonds is 21. The Morgan fingerprint density at radius 3 is 1.76 bits per heavy atom. The van der Waals surface area contributed by atoms with E-state index >= 15 is 0 Å². The van der Waals surface area contributed by atoms with Crippen LogP contribution in [0, 0.1) is 0 Å². The topological polar surface area (TPSA) is 63.6 Å². The third kappa shape index (κ3) is 16.2. The van der Waals surface area contributed by atoms with E-state index in [1.165, 1.54) is 102 Å². The number of hydrogen-bond donors (Lipinski definition) is 1. The largest absolute Gasteiger partial charge is 0.478 e. The molecule has 0 bridgehead atoms. The molecule has 0 fully saturated rings. The predicted molar refractivity (Wildman–Crippen MR) is 137 cm³/mol. The highest BCUT2D eigenvalue weighted by atomic mass is 16.5. The summed E-state index contributed by atoms with van der Waals surface area (Å²) in [6, 6.07) is 6.26. The van der Waals surface area contributed by atoms with Crippen molar-refractivity contribution < 1.29 is 19.4 Å². The van der Waals surface area contributed by atoms with Gasteiger partial charge in [-0.3, -0.25) is 4.79 Å². The molecular weight excluding hydrogens is 412 g/mol. The molecule has 0 amide bonds. The van der Waals surface area contributed by atoms with Crippen molar-refractivity contribution in [1.82, 2.24) is 0 Å². The molecule has 0 aliphatic heterocycles. The molecule has 0 saturated heterocycles. The number of para-hydroxylation sites is 1. The minimum atomic E-state index is -1.08. The number of allylic oxidation sites excluding steroid dienone is 2. The van der Waals surface area contributed by atoms with Gasteiger partial charge in [-0.05, 0) is 44.2 Å². The first kappa shape index (κ1) is 28.9. The lowest BCUT2D eigenvalue weighted by Gasteiger charge is -2.07. The first-order valence-electron chi connectivity index (χ1n) is 13.3. The summed E-state index contributed by atoms with van der Waals surface area (Å²) in [6.45, 7) is 2.27. The third-order valence-corrected chi connectivity index (χ3v) is 5.98. The maximum absolute atomic E-state index is 11.9. The van der Waals surface area contributed by atoms with Crippen LogP contribution >= 0.6 is 0 Å². The van der Waals surface area contributed by atoms with Crippen molar-refractivity contribution in [3.63, 3.8) is 0 Å². The van der Waals surface area contributed by atoms with Crippen molar-refractivity contribution in [2.24, 2.45) is 0 Å². The summed E-state index contributed by atoms with van der Waals surface area (Å²) >= 11 is 0. The van der Waals surface area contributed by atoms with E-state index in [1.54, 1.807) is 12.1 Å². The van der Waals surface area contributed by atoms with Crippen LogP contribution in [0.3, 0.4) is 0 Å². The molecule has 4 heteroatoms. The molecule has 4 nitrogen and oxygen atoms in total. The molecule has 1 N–H and O–H groups in total. The standard InChI is InChI=1S/C29H46O4/c1-2-3-4-5-6-7-8-9-10-11-12-13-14-15-16-17-18-19-20-25-28(30)33-27-24-22-21-23-26(27)29(31)32/h9-10,21-24H,2-8,11-20,25H2,1H3,(H,31,32)/b10-9-. The number of carbonyl (C=O) groups is 2. The number of carboxylic acids is 1. The van der Waals surface area contributed by atoms with Crippen LogP contribution in [0.25, 0.3) is 0 Å². The number of hydrogen-bond acceptors (Lipinski definition) is 3. The van der Waals surface area contributed by atoms with E-state index in [2.05, 4.69) is 19.1 Å². The van der Waals surface area contributed by atoms with Gasteiger partial charge in [0.05, 0.1) is 0 Å². The Labute approximate surface area is 201 Å². The van der Waals surface area contributed by atoms with Gasteiger partial charge in [0.25, 0.3) is 0 Å². The van der Waals surface area contributed by atoms with Crippen LogP contribution in [0.5, 0.6) is 5.75 Å². The minimum absolute atomic E-state index is 0.0232. The van der Waals surface area contributed by atoms with E-state index in [1.807, 2.05) is 0 Å². The van der Waals surface area contributed by atoms with Crippen LogP contribution in [-0.4, -0.2) is 17.0 Å². The predicted octanol–water partition coefficient (Wildman–Crippen LogP) is 8.89. The zero-order valence-corrected chi connectivity index (χ0v) is 20.9. The molecule has 0 unspecified atom stereocenters. The molecule has 0 aliphatic carbocycles. The molecule has 0 heterocycles. The number of unbranched alkanes of at least 4 members (excludes halogenated alkanes) is 15. The zero-order chi connectivity index (χ0) is 24.0. The Balaban J connectivity index is 1.87. The maximum atomic E-state index is 11.9. The zero-order valence-electron chi connectivity index (χ0n) is 20.9. The number of benzene rings is 1. The van der Waals surface area contributed by atoms with Crippen LogP contribution in [0.2, 0.25) is 0 Å². The van der Waals surface area contributed by atoms with Gasteiger partial charge < -0.3 is 9.84 Å². The fourth-order valence-electron chi connectivity index (χ4n) is 3.95. The van der Waals surface area contributed by atoms with E-state index in [0.29, 0.717) is 6.42 Å². The molecule has 1 aromatic rings. The van der Waals surface area contributed by atoms with E-state index < -0.39 is 5.97 Å². The van der Waals surface area contributed by atoms with Gasteiger partial charge in [-0.25, -0.2) is 4.79 Å². The second-order valence-corrected chi connectivity index (χ2v) is 9.02. The highest BCUT2D eigenvalue weighted by Gasteiger charge is 2.13. The van der Waals surface area contributed by atoms with Gasteiger partial charge in [-0.2, -0.15) is 0 Å². The molecule has 0 atom stereocenters. The number of ether oxygens (including phenoxy) is 1. The minimum Gasteiger partial charge on any atom is -0.478 e. The highest BCUT2D eigenvalue weighted by Crippen LogP contribution is 2.19. The van der Waals surface area contributed by atoms with Crippen molar-refractivity contribution in [3.8, 4) is 5.75 Å². The molecule has 0 aliphatic rings. The summed E-state index contributed by atoms with van der Waals surface area (Å²) in [5.41, 5.74) is 0.0232. The van der Waals surface area contributed by atoms with Crippen molar-refractivity contribution in [3.05, 3.63) is 42.0 Å². The Morgan fingerprint density at radius 2 is 1.21 bits per heavy atom. The Bertz CT molecular complexity index is 665. The molecule has 0 aromatic heterocycles. The van der Waals surface area contributed by atoms with Crippen LogP contribution < -0.4 is 4.74 Å². The summed E-state index contributed by atoms with van der Waals surface area (Å²) < 4.78 is 5.22. The van der Waals surface area contributed by atoms with Gasteiger partial charge in [0.1, 0.15) is 11.3 Å². The van der Waals surface area contributed by atoms with E-state index in [9.17, 15) is 9.59 Å². The van der Waals surface area contributed by atoms with E-state index in [-0.39, 0.29) is 17.3 Å². The summed E-state index contributed by atoms with van der Waals surface area (Å²) in [4.78, 5) is 23.1. The smallest absolute Gasteiger partial charge is 0.339 e. The molecule has 1 rings (SSSR count). The highest BCUT2D eigenvalue weighted by molar-refractivity contribution is 5.91. The molecule has 33 heavy (non-hydrogen) atoms. The van der Waals surface area contributed by atoms with Crippen molar-refractivity contribution in [2.45, 2.75) is 122 Å². The molecule has 0 radical (unpaired) electrons. The second kappa shape index (κ2) is 20.5. The fraction of sp³-hybridized carbons (Fsp3) is 0.655. The van der Waals surface area contributed by atoms with Gasteiger partial charge in [-0.1, -0.05) is 108 Å². The van der Waals surface area contributed by atoms with Gasteiger partial charge in [0.15, 0.2) is 0 Å². The van der Waals surface area contributed by atoms with Crippen molar-refractivity contribution in [2.75, 3.05) is 0 Å². The maximum Gasteiger partial charge on any atom is 0.339 e. The fourth-order valence-corrected chi connectivity index (χ4v) is 3.95. The van der Waals surface area contributed by atoms with Gasteiger partial charge in [0.2, 0.25) is 0 Å². The lowest BCUT2D eigenvalue weighted by atomic mass is 10.1. The summed E-state index contributed by atoms with van der Waals surface area (Å²) in [7, 11) is 0. The summed E-state index contributed by atoms with van der Waals surface area (Å²) in [5, 5.41) is 9.13. The van der Waals surface area contributed by atoms with Gasteiger partial charge >= 0.3 is 11.9 Å². The monoisotopic (exact) mass is 458 g/mol. The SMILES string of the molecule is CCCCCCCC/C=C\CCCCCCCCCCCC(=O)Oc1ccccc1C(=O)O. The lowest BCUT2D eigenvalue weighted by Crippen LogP contribution is -2.10. The third-order valence-electron chi connectivity index (χ3n) is 5.98. The Morgan fingerprint density at radius 1 is 0.727 bits per heavy atom. The molecule has 0 saturated carbocycles. The molecule has 186 valence electrons. The molecule has 1 aromatic carbocycles. The number of carboxylic acid groups (broad SMARTS) is 1. The molecular formula is C29H46O4.